The van der Waals surface area contributed by atoms with Gasteiger partial charge in [0.25, 0.3) is 0 Å². The van der Waals surface area contributed by atoms with Crippen molar-refractivity contribution >= 4 is 5.91 Å². The molecule has 0 aromatic carbocycles. The molecule has 0 saturated carbocycles. The number of hydrogen-bond donors (Lipinski definition) is 1. The third kappa shape index (κ3) is 4.55. The SMILES string of the molecule is CCC1COC(C)CN1CC(=O)N(C)CCCN. The number of nitrogens with two attached hydrogens (primary N) is 1. The first-order valence-corrected chi connectivity index (χ1v) is 6.88. The second-order valence-electron chi connectivity index (χ2n) is 5.09. The normalized spacial score (nSPS) is 25.1. The molecular weight excluding hydrogens is 230 g/mol. The summed E-state index contributed by atoms with van der Waals surface area (Å²) in [5.41, 5.74) is 5.46. The van der Waals surface area contributed by atoms with Crippen molar-refractivity contribution in [1.82, 2.24) is 9.80 Å². The van der Waals surface area contributed by atoms with Gasteiger partial charge in [-0.2, -0.15) is 0 Å². The standard InChI is InChI=1S/C13H27N3O2/c1-4-12-10-18-11(2)8-16(12)9-13(17)15(3)7-5-6-14/h11-12H,4-10,14H2,1-3H3. The highest BCUT2D eigenvalue weighted by atomic mass is 16.5. The summed E-state index contributed by atoms with van der Waals surface area (Å²) < 4.78 is 5.64. The maximum absolute atomic E-state index is 12.1. The van der Waals surface area contributed by atoms with Gasteiger partial charge >= 0.3 is 0 Å². The van der Waals surface area contributed by atoms with E-state index >= 15 is 0 Å². The van der Waals surface area contributed by atoms with Gasteiger partial charge in [-0.15, -0.1) is 0 Å². The van der Waals surface area contributed by atoms with Gasteiger partial charge in [-0.1, -0.05) is 6.92 Å². The van der Waals surface area contributed by atoms with E-state index in [9.17, 15) is 4.79 Å². The number of amides is 1. The van der Waals surface area contributed by atoms with Crippen LogP contribution in [0.15, 0.2) is 0 Å². The molecule has 5 heteroatoms. The lowest BCUT2D eigenvalue weighted by Gasteiger charge is -2.38. The summed E-state index contributed by atoms with van der Waals surface area (Å²) >= 11 is 0. The van der Waals surface area contributed by atoms with Crippen molar-refractivity contribution < 1.29 is 9.53 Å². The van der Waals surface area contributed by atoms with Crippen LogP contribution in [0.5, 0.6) is 0 Å². The fourth-order valence-electron chi connectivity index (χ4n) is 2.23. The van der Waals surface area contributed by atoms with Crippen LogP contribution in [0.4, 0.5) is 0 Å². The summed E-state index contributed by atoms with van der Waals surface area (Å²) in [7, 11) is 1.85. The molecule has 1 amide bonds. The zero-order chi connectivity index (χ0) is 13.5. The van der Waals surface area contributed by atoms with Crippen molar-refractivity contribution in [3.63, 3.8) is 0 Å². The van der Waals surface area contributed by atoms with Crippen LogP contribution in [0.2, 0.25) is 0 Å². The largest absolute Gasteiger partial charge is 0.376 e. The Hall–Kier alpha value is -0.650. The minimum Gasteiger partial charge on any atom is -0.376 e. The molecule has 1 heterocycles. The Labute approximate surface area is 110 Å². The molecule has 0 radical (unpaired) electrons. The fraction of sp³-hybridized carbons (Fsp3) is 0.923. The second kappa shape index (κ2) is 7.71. The highest BCUT2D eigenvalue weighted by molar-refractivity contribution is 5.78. The zero-order valence-corrected chi connectivity index (χ0v) is 11.9. The monoisotopic (exact) mass is 257 g/mol. The molecule has 0 aromatic heterocycles. The molecule has 0 spiro atoms. The van der Waals surface area contributed by atoms with Crippen LogP contribution in [-0.4, -0.2) is 67.7 Å². The van der Waals surface area contributed by atoms with Crippen molar-refractivity contribution in [3.05, 3.63) is 0 Å². The smallest absolute Gasteiger partial charge is 0.236 e. The lowest BCUT2D eigenvalue weighted by molar-refractivity contribution is -0.135. The number of morpholine rings is 1. The number of rotatable bonds is 6. The average molecular weight is 257 g/mol. The van der Waals surface area contributed by atoms with E-state index in [2.05, 4.69) is 18.7 Å². The minimum absolute atomic E-state index is 0.177. The van der Waals surface area contributed by atoms with Crippen LogP contribution in [0.3, 0.4) is 0 Å². The minimum atomic E-state index is 0.177. The Bertz CT molecular complexity index is 261. The van der Waals surface area contributed by atoms with E-state index in [0.717, 1.165) is 32.5 Å². The van der Waals surface area contributed by atoms with Gasteiger partial charge in [0.15, 0.2) is 0 Å². The molecule has 18 heavy (non-hydrogen) atoms. The number of nitrogens with zero attached hydrogens (tertiary/aromatic N) is 2. The predicted octanol–water partition coefficient (Wildman–Crippen LogP) is 0.293. The molecule has 0 aliphatic carbocycles. The molecule has 2 unspecified atom stereocenters. The van der Waals surface area contributed by atoms with Crippen molar-refractivity contribution in [3.8, 4) is 0 Å². The number of carbonyl (C=O) groups excluding carboxylic acids is 1. The lowest BCUT2D eigenvalue weighted by atomic mass is 10.1. The quantitative estimate of drug-likeness (QED) is 0.743. The summed E-state index contributed by atoms with van der Waals surface area (Å²) in [6.45, 7) is 7.64. The fourth-order valence-corrected chi connectivity index (χ4v) is 2.23. The van der Waals surface area contributed by atoms with Crippen LogP contribution in [0.1, 0.15) is 26.7 Å². The van der Waals surface area contributed by atoms with Gasteiger partial charge in [-0.25, -0.2) is 0 Å². The van der Waals surface area contributed by atoms with Gasteiger partial charge in [0.05, 0.1) is 19.3 Å². The first-order chi connectivity index (χ1) is 8.58. The number of carbonyl (C=O) groups is 1. The molecule has 1 saturated heterocycles. The molecule has 1 aliphatic heterocycles. The second-order valence-corrected chi connectivity index (χ2v) is 5.09. The molecule has 106 valence electrons. The Balaban J connectivity index is 2.45. The number of ether oxygens (including phenoxy) is 1. The van der Waals surface area contributed by atoms with E-state index in [1.165, 1.54) is 0 Å². The van der Waals surface area contributed by atoms with Gasteiger partial charge < -0.3 is 15.4 Å². The lowest BCUT2D eigenvalue weighted by Crippen LogP contribution is -2.52. The summed E-state index contributed by atoms with van der Waals surface area (Å²) in [5, 5.41) is 0. The molecule has 1 fully saturated rings. The third-order valence-corrected chi connectivity index (χ3v) is 3.51. The summed E-state index contributed by atoms with van der Waals surface area (Å²) in [6.07, 6.45) is 2.10. The van der Waals surface area contributed by atoms with Crippen molar-refractivity contribution in [1.29, 1.82) is 0 Å². The Kier molecular flexibility index (Phi) is 6.60. The van der Waals surface area contributed by atoms with E-state index in [0.29, 0.717) is 19.1 Å². The van der Waals surface area contributed by atoms with Crippen LogP contribution >= 0.6 is 0 Å². The first kappa shape index (κ1) is 15.4. The molecule has 5 nitrogen and oxygen atoms in total. The van der Waals surface area contributed by atoms with Crippen LogP contribution < -0.4 is 5.73 Å². The van der Waals surface area contributed by atoms with Crippen molar-refractivity contribution in [2.75, 3.05) is 39.8 Å². The Morgan fingerprint density at radius 2 is 2.28 bits per heavy atom. The zero-order valence-electron chi connectivity index (χ0n) is 11.9. The van der Waals surface area contributed by atoms with E-state index in [1.54, 1.807) is 4.90 Å². The number of hydrogen-bond acceptors (Lipinski definition) is 4. The van der Waals surface area contributed by atoms with Gasteiger partial charge in [-0.3, -0.25) is 9.69 Å². The Morgan fingerprint density at radius 3 is 2.89 bits per heavy atom. The molecule has 0 aromatic rings. The summed E-state index contributed by atoms with van der Waals surface area (Å²) in [6, 6.07) is 0.369. The average Bonchev–Trinajstić information content (AvgIpc) is 2.36. The molecule has 1 rings (SSSR count). The number of likely N-dealkylation sites (N-methyl/N-ethyl adjacent to an activating group) is 1. The molecule has 2 atom stereocenters. The molecule has 2 N–H and O–H groups in total. The van der Waals surface area contributed by atoms with Gasteiger partial charge in [0.1, 0.15) is 0 Å². The molecular formula is C13H27N3O2. The van der Waals surface area contributed by atoms with E-state index < -0.39 is 0 Å². The van der Waals surface area contributed by atoms with Crippen LogP contribution in [0, 0.1) is 0 Å². The maximum atomic E-state index is 12.1. The van der Waals surface area contributed by atoms with Crippen molar-refractivity contribution in [2.24, 2.45) is 5.73 Å². The van der Waals surface area contributed by atoms with E-state index in [-0.39, 0.29) is 12.0 Å². The van der Waals surface area contributed by atoms with Crippen LogP contribution in [0.25, 0.3) is 0 Å². The van der Waals surface area contributed by atoms with Gasteiger partial charge in [0, 0.05) is 26.2 Å². The maximum Gasteiger partial charge on any atom is 0.236 e. The van der Waals surface area contributed by atoms with E-state index in [1.807, 2.05) is 7.05 Å². The topological polar surface area (TPSA) is 58.8 Å². The van der Waals surface area contributed by atoms with Gasteiger partial charge in [0.2, 0.25) is 5.91 Å². The first-order valence-electron chi connectivity index (χ1n) is 6.88. The predicted molar refractivity (Wildman–Crippen MR) is 72.4 cm³/mol. The van der Waals surface area contributed by atoms with E-state index in [4.69, 9.17) is 10.5 Å². The highest BCUT2D eigenvalue weighted by Gasteiger charge is 2.27. The highest BCUT2D eigenvalue weighted by Crippen LogP contribution is 2.14. The third-order valence-electron chi connectivity index (χ3n) is 3.51. The molecule has 1 aliphatic rings. The summed E-state index contributed by atoms with van der Waals surface area (Å²) in [4.78, 5) is 16.1. The van der Waals surface area contributed by atoms with Gasteiger partial charge in [-0.05, 0) is 26.3 Å². The summed E-state index contributed by atoms with van der Waals surface area (Å²) in [5.74, 6) is 0.177. The molecule has 0 bridgehead atoms. The van der Waals surface area contributed by atoms with Crippen LogP contribution in [-0.2, 0) is 9.53 Å². The Morgan fingerprint density at radius 1 is 1.56 bits per heavy atom. The van der Waals surface area contributed by atoms with Crippen molar-refractivity contribution in [2.45, 2.75) is 38.8 Å².